The number of nitrogens with zero attached hydrogens (tertiary/aromatic N) is 8. The molecule has 0 aliphatic carbocycles. The third kappa shape index (κ3) is 3.68. The molecule has 1 unspecified atom stereocenters. The number of β-amino-alcohol motifs (C(OH)–C–C–N with tert-alkyl or cyclic N) is 1. The zero-order valence-electron chi connectivity index (χ0n) is 16.8. The van der Waals surface area contributed by atoms with Crippen molar-refractivity contribution < 1.29 is 19.4 Å². The fourth-order valence-corrected chi connectivity index (χ4v) is 4.47. The molecule has 162 valence electrons. The summed E-state index contributed by atoms with van der Waals surface area (Å²) in [5.74, 6) is 0.0287. The van der Waals surface area contributed by atoms with E-state index in [2.05, 4.69) is 30.4 Å². The highest BCUT2D eigenvalue weighted by Crippen LogP contribution is 2.43. The second kappa shape index (κ2) is 7.78. The maximum Gasteiger partial charge on any atom is 0.333 e. The van der Waals surface area contributed by atoms with Crippen LogP contribution in [0.4, 0.5) is 0 Å². The van der Waals surface area contributed by atoms with Gasteiger partial charge in [-0.15, -0.1) is 5.10 Å². The molecule has 1 amide bonds. The Morgan fingerprint density at radius 2 is 1.87 bits per heavy atom. The minimum atomic E-state index is -0.737. The zero-order chi connectivity index (χ0) is 21.4. The molecule has 0 saturated carbocycles. The fourth-order valence-electron chi connectivity index (χ4n) is 4.47. The maximum atomic E-state index is 13.1. The van der Waals surface area contributed by atoms with Gasteiger partial charge in [-0.1, -0.05) is 0 Å². The van der Waals surface area contributed by atoms with E-state index in [-0.39, 0.29) is 23.9 Å². The molecular weight excluding hydrogens is 404 g/mol. The molecule has 2 fully saturated rings. The number of aliphatic hydroxyl groups is 1. The number of tetrazole rings is 1. The largest absolute Gasteiger partial charge is 0.456 e. The number of piperidine rings is 1. The van der Waals surface area contributed by atoms with Gasteiger partial charge in [0.2, 0.25) is 5.91 Å². The summed E-state index contributed by atoms with van der Waals surface area (Å²) in [7, 11) is 0. The van der Waals surface area contributed by atoms with Crippen LogP contribution in [0, 0.1) is 5.41 Å². The van der Waals surface area contributed by atoms with E-state index in [0.717, 1.165) is 19.3 Å². The first-order chi connectivity index (χ1) is 15.0. The quantitative estimate of drug-likeness (QED) is 0.607. The van der Waals surface area contributed by atoms with Gasteiger partial charge in [0, 0.05) is 37.1 Å². The van der Waals surface area contributed by atoms with Gasteiger partial charge >= 0.3 is 5.97 Å². The van der Waals surface area contributed by atoms with Crippen LogP contribution in [0.2, 0.25) is 0 Å². The average Bonchev–Trinajstić information content (AvgIpc) is 3.53. The van der Waals surface area contributed by atoms with Crippen molar-refractivity contribution in [2.75, 3.05) is 32.8 Å². The predicted octanol–water partition coefficient (Wildman–Crippen LogP) is -0.759. The van der Waals surface area contributed by atoms with E-state index in [9.17, 15) is 14.7 Å². The molecule has 2 saturated heterocycles. The summed E-state index contributed by atoms with van der Waals surface area (Å²) in [5.41, 5.74) is 0.887. The van der Waals surface area contributed by atoms with E-state index in [0.29, 0.717) is 43.4 Å². The van der Waals surface area contributed by atoms with Crippen molar-refractivity contribution in [1.29, 1.82) is 0 Å². The van der Waals surface area contributed by atoms with Gasteiger partial charge < -0.3 is 19.6 Å². The zero-order valence-corrected chi connectivity index (χ0v) is 16.8. The van der Waals surface area contributed by atoms with Gasteiger partial charge in [-0.3, -0.25) is 4.79 Å². The first-order valence-electron chi connectivity index (χ1n) is 10.2. The van der Waals surface area contributed by atoms with Crippen LogP contribution in [-0.4, -0.2) is 89.7 Å². The van der Waals surface area contributed by atoms with Gasteiger partial charge in [-0.05, 0) is 42.8 Å². The molecule has 0 radical (unpaired) electrons. The van der Waals surface area contributed by atoms with Crippen molar-refractivity contribution in [2.24, 2.45) is 5.41 Å². The van der Waals surface area contributed by atoms with Crippen molar-refractivity contribution in [3.05, 3.63) is 36.1 Å². The van der Waals surface area contributed by atoms with Gasteiger partial charge in [0.1, 0.15) is 12.9 Å². The van der Waals surface area contributed by atoms with Crippen molar-refractivity contribution >= 4 is 11.9 Å². The molecule has 5 heterocycles. The third-order valence-corrected chi connectivity index (χ3v) is 6.35. The van der Waals surface area contributed by atoms with Gasteiger partial charge in [0.15, 0.2) is 0 Å². The predicted molar refractivity (Wildman–Crippen MR) is 103 cm³/mol. The molecule has 0 bridgehead atoms. The lowest BCUT2D eigenvalue weighted by atomic mass is 9.77. The fraction of sp³-hybridized carbons (Fsp3) is 0.526. The molecule has 1 atom stereocenters. The summed E-state index contributed by atoms with van der Waals surface area (Å²) >= 11 is 0. The van der Waals surface area contributed by atoms with E-state index in [1.54, 1.807) is 17.3 Å². The molecule has 5 rings (SSSR count). The Balaban J connectivity index is 1.17. The molecule has 1 N–H and O–H groups in total. The second-order valence-electron chi connectivity index (χ2n) is 8.12. The number of hydrogen-bond acceptors (Lipinski definition) is 10. The van der Waals surface area contributed by atoms with E-state index in [1.807, 2.05) is 0 Å². The van der Waals surface area contributed by atoms with Crippen molar-refractivity contribution in [3.8, 4) is 5.95 Å². The van der Waals surface area contributed by atoms with Crippen LogP contribution in [0.3, 0.4) is 0 Å². The standard InChI is InChI=1S/C19H22N8O4/c28-15(13-8-20-18(21-9-13)27-12-22-23-24-27)10-25-4-1-19(2-5-25)3-6-26(17(19)30)14-7-16(29)31-11-14/h7-9,12,15,28H,1-6,10-11H2. The third-order valence-electron chi connectivity index (χ3n) is 6.35. The average molecular weight is 426 g/mol. The SMILES string of the molecule is O=C1C=C(N2CCC3(CCN(CC(O)c4cnc(-n5cnnn5)nc4)CC3)C2=O)CO1. The van der Waals surface area contributed by atoms with Gasteiger partial charge in [0.05, 0.1) is 17.2 Å². The van der Waals surface area contributed by atoms with Gasteiger partial charge in [-0.25, -0.2) is 14.8 Å². The number of ether oxygens (including phenoxy) is 1. The summed E-state index contributed by atoms with van der Waals surface area (Å²) in [6, 6.07) is 0. The molecule has 2 aromatic rings. The van der Waals surface area contributed by atoms with Crippen LogP contribution in [0.15, 0.2) is 30.5 Å². The van der Waals surface area contributed by atoms with Crippen LogP contribution in [0.5, 0.6) is 0 Å². The van der Waals surface area contributed by atoms with Crippen LogP contribution in [0.1, 0.15) is 30.9 Å². The van der Waals surface area contributed by atoms with E-state index < -0.39 is 6.10 Å². The minimum absolute atomic E-state index is 0.0869. The number of likely N-dealkylation sites (tertiary alicyclic amines) is 2. The lowest BCUT2D eigenvalue weighted by molar-refractivity contribution is -0.138. The molecule has 12 heteroatoms. The number of hydrogen-bond donors (Lipinski definition) is 1. The van der Waals surface area contributed by atoms with Crippen molar-refractivity contribution in [2.45, 2.75) is 25.4 Å². The summed E-state index contributed by atoms with van der Waals surface area (Å²) in [5, 5.41) is 21.4. The lowest BCUT2D eigenvalue weighted by Crippen LogP contribution is -2.45. The summed E-state index contributed by atoms with van der Waals surface area (Å²) in [6.07, 6.45) is 7.44. The van der Waals surface area contributed by atoms with Crippen LogP contribution in [0.25, 0.3) is 5.95 Å². The molecule has 0 aromatic carbocycles. The number of cyclic esters (lactones) is 1. The number of carbonyl (C=O) groups excluding carboxylic acids is 2. The molecular formula is C19H22N8O4. The van der Waals surface area contributed by atoms with Crippen LogP contribution in [-0.2, 0) is 14.3 Å². The van der Waals surface area contributed by atoms with Crippen LogP contribution >= 0.6 is 0 Å². The second-order valence-corrected chi connectivity index (χ2v) is 8.12. The lowest BCUT2D eigenvalue weighted by Gasteiger charge is -2.38. The molecule has 31 heavy (non-hydrogen) atoms. The van der Waals surface area contributed by atoms with E-state index >= 15 is 0 Å². The maximum absolute atomic E-state index is 13.1. The first kappa shape index (κ1) is 19.7. The molecule has 3 aliphatic heterocycles. The Hall–Kier alpha value is -3.25. The molecule has 1 spiro atoms. The van der Waals surface area contributed by atoms with Gasteiger partial charge in [0.25, 0.3) is 5.95 Å². The number of esters is 1. The topological polar surface area (TPSA) is 139 Å². The summed E-state index contributed by atoms with van der Waals surface area (Å²) in [4.78, 5) is 36.7. The number of aromatic nitrogens is 6. The van der Waals surface area contributed by atoms with E-state index in [1.165, 1.54) is 17.1 Å². The van der Waals surface area contributed by atoms with E-state index in [4.69, 9.17) is 4.74 Å². The Morgan fingerprint density at radius 1 is 1.13 bits per heavy atom. The number of carbonyl (C=O) groups is 2. The first-order valence-corrected chi connectivity index (χ1v) is 10.2. The highest BCUT2D eigenvalue weighted by Gasteiger charge is 2.49. The van der Waals surface area contributed by atoms with Crippen LogP contribution < -0.4 is 0 Å². The molecule has 3 aliphatic rings. The van der Waals surface area contributed by atoms with Crippen molar-refractivity contribution in [3.63, 3.8) is 0 Å². The smallest absolute Gasteiger partial charge is 0.333 e. The van der Waals surface area contributed by atoms with Crippen molar-refractivity contribution in [1.82, 2.24) is 40.0 Å². The highest BCUT2D eigenvalue weighted by atomic mass is 16.5. The Kier molecular flexibility index (Phi) is 4.94. The molecule has 2 aromatic heterocycles. The Labute approximate surface area is 177 Å². The number of aliphatic hydroxyl groups excluding tert-OH is 1. The van der Waals surface area contributed by atoms with Gasteiger partial charge in [-0.2, -0.15) is 4.68 Å². The minimum Gasteiger partial charge on any atom is -0.456 e. The highest BCUT2D eigenvalue weighted by molar-refractivity contribution is 5.90. The number of amides is 1. The Morgan fingerprint density at radius 3 is 2.52 bits per heavy atom. The molecule has 12 nitrogen and oxygen atoms in total. The monoisotopic (exact) mass is 426 g/mol. The summed E-state index contributed by atoms with van der Waals surface area (Å²) in [6.45, 7) is 2.67. The Bertz CT molecular complexity index is 998. The summed E-state index contributed by atoms with van der Waals surface area (Å²) < 4.78 is 6.29. The normalized spacial score (nSPS) is 22.1. The number of rotatable bonds is 5.